The van der Waals surface area contributed by atoms with E-state index in [4.69, 9.17) is 19.3 Å². The van der Waals surface area contributed by atoms with Crippen LogP contribution in [0.5, 0.6) is 17.2 Å². The highest BCUT2D eigenvalue weighted by Crippen LogP contribution is 2.26. The zero-order chi connectivity index (χ0) is 14.9. The minimum Gasteiger partial charge on any atom is -0.490 e. The van der Waals surface area contributed by atoms with Crippen LogP contribution < -0.4 is 14.2 Å². The third kappa shape index (κ3) is 4.96. The summed E-state index contributed by atoms with van der Waals surface area (Å²) in [6, 6.07) is 13.1. The summed E-state index contributed by atoms with van der Waals surface area (Å²) in [5.74, 6) is 1.27. The van der Waals surface area contributed by atoms with E-state index in [1.54, 1.807) is 24.3 Å². The number of hydrogen-bond donors (Lipinski definition) is 1. The second-order valence-corrected chi connectivity index (χ2v) is 4.17. The van der Waals surface area contributed by atoms with Crippen LogP contribution in [0, 0.1) is 5.82 Å². The van der Waals surface area contributed by atoms with Crippen molar-refractivity contribution >= 4 is 0 Å². The second-order valence-electron chi connectivity index (χ2n) is 4.17. The molecule has 4 nitrogen and oxygen atoms in total. The van der Waals surface area contributed by atoms with Crippen molar-refractivity contribution in [1.82, 2.24) is 0 Å². The molecular formula is C16H17FO4. The van der Waals surface area contributed by atoms with Crippen LogP contribution in [0.15, 0.2) is 48.5 Å². The first-order chi connectivity index (χ1) is 10.3. The average Bonchev–Trinajstić information content (AvgIpc) is 2.50. The molecule has 2 rings (SSSR count). The first-order valence-electron chi connectivity index (χ1n) is 6.63. The van der Waals surface area contributed by atoms with Crippen molar-refractivity contribution in [3.05, 3.63) is 54.3 Å². The standard InChI is InChI=1S/C16H17FO4/c17-13-4-3-5-14(12-13)19-10-11-21-16-7-2-1-6-15(16)20-9-8-18/h1-7,12,18H,8-11H2. The zero-order valence-electron chi connectivity index (χ0n) is 11.5. The van der Waals surface area contributed by atoms with Crippen molar-refractivity contribution in [2.75, 3.05) is 26.4 Å². The number of benzene rings is 2. The molecular weight excluding hydrogens is 275 g/mol. The Morgan fingerprint density at radius 1 is 0.810 bits per heavy atom. The maximum absolute atomic E-state index is 13.0. The fourth-order valence-electron chi connectivity index (χ4n) is 1.71. The van der Waals surface area contributed by atoms with E-state index < -0.39 is 0 Å². The van der Waals surface area contributed by atoms with Crippen LogP contribution in [-0.4, -0.2) is 31.5 Å². The molecule has 0 aromatic heterocycles. The number of aliphatic hydroxyl groups is 1. The van der Waals surface area contributed by atoms with E-state index in [1.165, 1.54) is 12.1 Å². The number of aliphatic hydroxyl groups excluding tert-OH is 1. The van der Waals surface area contributed by atoms with Gasteiger partial charge in [-0.1, -0.05) is 18.2 Å². The number of para-hydroxylation sites is 2. The van der Waals surface area contributed by atoms with E-state index in [2.05, 4.69) is 0 Å². The number of halogens is 1. The van der Waals surface area contributed by atoms with Crippen LogP contribution in [0.3, 0.4) is 0 Å². The lowest BCUT2D eigenvalue weighted by atomic mass is 10.3. The third-order valence-electron chi connectivity index (χ3n) is 2.60. The highest BCUT2D eigenvalue weighted by Gasteiger charge is 2.04. The molecule has 1 N–H and O–H groups in total. The molecule has 2 aromatic carbocycles. The molecule has 0 atom stereocenters. The van der Waals surface area contributed by atoms with Gasteiger partial charge in [-0.25, -0.2) is 4.39 Å². The number of ether oxygens (including phenoxy) is 3. The van der Waals surface area contributed by atoms with E-state index in [0.29, 0.717) is 23.9 Å². The van der Waals surface area contributed by atoms with Gasteiger partial charge in [-0.05, 0) is 24.3 Å². The minimum absolute atomic E-state index is 0.0585. The largest absolute Gasteiger partial charge is 0.490 e. The van der Waals surface area contributed by atoms with Gasteiger partial charge in [0, 0.05) is 6.07 Å². The molecule has 0 aliphatic heterocycles. The maximum atomic E-state index is 13.0. The summed E-state index contributed by atoms with van der Waals surface area (Å²) in [6.07, 6.45) is 0. The van der Waals surface area contributed by atoms with E-state index >= 15 is 0 Å². The molecule has 0 amide bonds. The highest BCUT2D eigenvalue weighted by atomic mass is 19.1. The van der Waals surface area contributed by atoms with Gasteiger partial charge in [-0.2, -0.15) is 0 Å². The molecule has 0 saturated carbocycles. The Labute approximate surface area is 122 Å². The van der Waals surface area contributed by atoms with E-state index in [-0.39, 0.29) is 25.6 Å². The van der Waals surface area contributed by atoms with Gasteiger partial charge in [0.2, 0.25) is 0 Å². The first-order valence-corrected chi connectivity index (χ1v) is 6.63. The van der Waals surface area contributed by atoms with Crippen LogP contribution in [0.2, 0.25) is 0 Å². The third-order valence-corrected chi connectivity index (χ3v) is 2.60. The molecule has 112 valence electrons. The van der Waals surface area contributed by atoms with E-state index in [9.17, 15) is 4.39 Å². The van der Waals surface area contributed by atoms with Crippen molar-refractivity contribution in [3.8, 4) is 17.2 Å². The predicted molar refractivity (Wildman–Crippen MR) is 76.4 cm³/mol. The van der Waals surface area contributed by atoms with Crippen LogP contribution in [0.25, 0.3) is 0 Å². The molecule has 0 unspecified atom stereocenters. The highest BCUT2D eigenvalue weighted by molar-refractivity contribution is 5.39. The van der Waals surface area contributed by atoms with Crippen LogP contribution in [0.1, 0.15) is 0 Å². The summed E-state index contributed by atoms with van der Waals surface area (Å²) >= 11 is 0. The van der Waals surface area contributed by atoms with Crippen molar-refractivity contribution in [1.29, 1.82) is 0 Å². The Kier molecular flexibility index (Phi) is 5.84. The summed E-state index contributed by atoms with van der Waals surface area (Å²) in [5, 5.41) is 8.76. The summed E-state index contributed by atoms with van der Waals surface area (Å²) in [5.41, 5.74) is 0. The van der Waals surface area contributed by atoms with Crippen molar-refractivity contribution in [2.45, 2.75) is 0 Å². The van der Waals surface area contributed by atoms with Gasteiger partial charge in [-0.3, -0.25) is 0 Å². The number of rotatable bonds is 8. The quantitative estimate of drug-likeness (QED) is 0.760. The lowest BCUT2D eigenvalue weighted by Gasteiger charge is -2.12. The molecule has 0 spiro atoms. The lowest BCUT2D eigenvalue weighted by molar-refractivity contribution is 0.184. The van der Waals surface area contributed by atoms with Gasteiger partial charge in [0.25, 0.3) is 0 Å². The maximum Gasteiger partial charge on any atom is 0.161 e. The molecule has 0 aliphatic carbocycles. The van der Waals surface area contributed by atoms with Gasteiger partial charge in [-0.15, -0.1) is 0 Å². The first kappa shape index (κ1) is 15.1. The van der Waals surface area contributed by atoms with Gasteiger partial charge in [0.15, 0.2) is 11.5 Å². The zero-order valence-corrected chi connectivity index (χ0v) is 11.5. The molecule has 21 heavy (non-hydrogen) atoms. The SMILES string of the molecule is OCCOc1ccccc1OCCOc1cccc(F)c1. The normalized spacial score (nSPS) is 10.2. The minimum atomic E-state index is -0.337. The fourth-order valence-corrected chi connectivity index (χ4v) is 1.71. The summed E-state index contributed by atoms with van der Waals surface area (Å²) in [6.45, 7) is 0.741. The summed E-state index contributed by atoms with van der Waals surface area (Å²) in [7, 11) is 0. The van der Waals surface area contributed by atoms with Gasteiger partial charge < -0.3 is 19.3 Å². The van der Waals surface area contributed by atoms with Crippen molar-refractivity contribution < 1.29 is 23.7 Å². The molecule has 0 radical (unpaired) electrons. The Hall–Kier alpha value is -2.27. The van der Waals surface area contributed by atoms with Gasteiger partial charge in [0.05, 0.1) is 6.61 Å². The smallest absolute Gasteiger partial charge is 0.161 e. The predicted octanol–water partition coefficient (Wildman–Crippen LogP) is 2.65. The molecule has 0 heterocycles. The van der Waals surface area contributed by atoms with E-state index in [1.807, 2.05) is 12.1 Å². The summed E-state index contributed by atoms with van der Waals surface area (Å²) in [4.78, 5) is 0. The molecule has 0 aliphatic rings. The Bertz CT molecular complexity index is 559. The monoisotopic (exact) mass is 292 g/mol. The fraction of sp³-hybridized carbons (Fsp3) is 0.250. The molecule has 5 heteroatoms. The lowest BCUT2D eigenvalue weighted by Crippen LogP contribution is -2.10. The molecule has 0 fully saturated rings. The molecule has 2 aromatic rings. The summed E-state index contributed by atoms with van der Waals surface area (Å²) < 4.78 is 29.3. The van der Waals surface area contributed by atoms with Gasteiger partial charge >= 0.3 is 0 Å². The second kappa shape index (κ2) is 8.11. The average molecular weight is 292 g/mol. The molecule has 0 bridgehead atoms. The van der Waals surface area contributed by atoms with Crippen LogP contribution in [-0.2, 0) is 0 Å². The van der Waals surface area contributed by atoms with Crippen molar-refractivity contribution in [2.24, 2.45) is 0 Å². The van der Waals surface area contributed by atoms with Gasteiger partial charge in [0.1, 0.15) is 31.4 Å². The van der Waals surface area contributed by atoms with Crippen LogP contribution >= 0.6 is 0 Å². The van der Waals surface area contributed by atoms with E-state index in [0.717, 1.165) is 0 Å². The topological polar surface area (TPSA) is 47.9 Å². The number of hydrogen-bond acceptors (Lipinski definition) is 4. The Morgan fingerprint density at radius 2 is 1.48 bits per heavy atom. The Morgan fingerprint density at radius 3 is 2.14 bits per heavy atom. The van der Waals surface area contributed by atoms with Crippen LogP contribution in [0.4, 0.5) is 4.39 Å². The molecule has 0 saturated heterocycles. The van der Waals surface area contributed by atoms with Crippen molar-refractivity contribution in [3.63, 3.8) is 0 Å². The Balaban J connectivity index is 1.80.